The average Bonchev–Trinajstić information content (AvgIpc) is 2.43. The number of carbonyl (C=O) groups excluding carboxylic acids is 1. The van der Waals surface area contributed by atoms with Gasteiger partial charge in [0.25, 0.3) is 0 Å². The highest BCUT2D eigenvalue weighted by Gasteiger charge is 2.34. The van der Waals surface area contributed by atoms with Gasteiger partial charge in [-0.05, 0) is 42.5 Å². The summed E-state index contributed by atoms with van der Waals surface area (Å²) in [5.74, 6) is 1.44. The number of benzene rings is 1. The van der Waals surface area contributed by atoms with Gasteiger partial charge in [-0.2, -0.15) is 0 Å². The molecule has 1 atom stereocenters. The van der Waals surface area contributed by atoms with Gasteiger partial charge in [0.1, 0.15) is 11.5 Å². The maximum Gasteiger partial charge on any atom is 0.137 e. The van der Waals surface area contributed by atoms with Crippen LogP contribution in [-0.2, 0) is 4.79 Å². The number of rotatable bonds is 4. The van der Waals surface area contributed by atoms with Crippen LogP contribution in [0.3, 0.4) is 0 Å². The molecule has 1 unspecified atom stereocenters. The molecule has 110 valence electrons. The van der Waals surface area contributed by atoms with Crippen LogP contribution in [0.2, 0.25) is 0 Å². The zero-order valence-electron chi connectivity index (χ0n) is 13.0. The third-order valence-corrected chi connectivity index (χ3v) is 4.31. The SMILES string of the molecule is COc1ccc(N(C)CC2CC(C)(C)CCC2=O)cc1. The Morgan fingerprint density at radius 3 is 2.55 bits per heavy atom. The average molecular weight is 275 g/mol. The van der Waals surface area contributed by atoms with Crippen molar-refractivity contribution in [1.29, 1.82) is 0 Å². The van der Waals surface area contributed by atoms with Gasteiger partial charge in [-0.25, -0.2) is 0 Å². The highest BCUT2D eigenvalue weighted by atomic mass is 16.5. The molecule has 0 aromatic heterocycles. The first-order valence-corrected chi connectivity index (χ1v) is 7.29. The summed E-state index contributed by atoms with van der Waals surface area (Å²) in [5, 5.41) is 0. The summed E-state index contributed by atoms with van der Waals surface area (Å²) in [6.45, 7) is 5.33. The van der Waals surface area contributed by atoms with Crippen LogP contribution in [0.4, 0.5) is 5.69 Å². The molecular formula is C17H25NO2. The van der Waals surface area contributed by atoms with Gasteiger partial charge >= 0.3 is 0 Å². The van der Waals surface area contributed by atoms with Crippen LogP contribution in [-0.4, -0.2) is 26.5 Å². The van der Waals surface area contributed by atoms with Gasteiger partial charge in [0.15, 0.2) is 0 Å². The second kappa shape index (κ2) is 5.86. The normalized spacial score (nSPS) is 21.6. The molecule has 0 spiro atoms. The number of ether oxygens (including phenoxy) is 1. The molecule has 0 heterocycles. The van der Waals surface area contributed by atoms with E-state index in [0.29, 0.717) is 11.2 Å². The summed E-state index contributed by atoms with van der Waals surface area (Å²) < 4.78 is 5.17. The summed E-state index contributed by atoms with van der Waals surface area (Å²) in [4.78, 5) is 14.3. The molecule has 3 nitrogen and oxygen atoms in total. The Kier molecular flexibility index (Phi) is 4.36. The minimum Gasteiger partial charge on any atom is -0.497 e. The summed E-state index contributed by atoms with van der Waals surface area (Å²) in [6.07, 6.45) is 2.75. The van der Waals surface area contributed by atoms with Crippen molar-refractivity contribution in [2.24, 2.45) is 11.3 Å². The van der Waals surface area contributed by atoms with Crippen LogP contribution in [0, 0.1) is 11.3 Å². The second-order valence-corrected chi connectivity index (χ2v) is 6.61. The first kappa shape index (κ1) is 14.9. The highest BCUT2D eigenvalue weighted by Crippen LogP contribution is 2.37. The zero-order valence-corrected chi connectivity index (χ0v) is 13.0. The quantitative estimate of drug-likeness (QED) is 0.842. The first-order valence-electron chi connectivity index (χ1n) is 7.29. The molecule has 20 heavy (non-hydrogen) atoms. The Labute approximate surface area is 121 Å². The number of Topliss-reactive ketones (excluding diaryl/α,β-unsaturated/α-hetero) is 1. The molecule has 1 aromatic carbocycles. The third-order valence-electron chi connectivity index (χ3n) is 4.31. The van der Waals surface area contributed by atoms with Crippen LogP contribution in [0.25, 0.3) is 0 Å². The summed E-state index contributed by atoms with van der Waals surface area (Å²) >= 11 is 0. The van der Waals surface area contributed by atoms with E-state index in [1.54, 1.807) is 7.11 Å². The lowest BCUT2D eigenvalue weighted by Gasteiger charge is -2.36. The monoisotopic (exact) mass is 275 g/mol. The van der Waals surface area contributed by atoms with E-state index in [9.17, 15) is 4.79 Å². The van der Waals surface area contributed by atoms with Crippen LogP contribution in [0.15, 0.2) is 24.3 Å². The third kappa shape index (κ3) is 3.53. The molecule has 1 aromatic rings. The summed E-state index contributed by atoms with van der Waals surface area (Å²) in [7, 11) is 3.72. The molecule has 0 aliphatic heterocycles. The maximum absolute atomic E-state index is 12.1. The smallest absolute Gasteiger partial charge is 0.137 e. The van der Waals surface area contributed by atoms with Crippen LogP contribution >= 0.6 is 0 Å². The lowest BCUT2D eigenvalue weighted by Crippen LogP contribution is -2.37. The molecule has 0 saturated heterocycles. The number of anilines is 1. The van der Waals surface area contributed by atoms with Crippen molar-refractivity contribution in [3.63, 3.8) is 0 Å². The van der Waals surface area contributed by atoms with Gasteiger partial charge in [0.05, 0.1) is 7.11 Å². The number of carbonyl (C=O) groups is 1. The van der Waals surface area contributed by atoms with E-state index >= 15 is 0 Å². The van der Waals surface area contributed by atoms with Gasteiger partial charge in [-0.1, -0.05) is 13.8 Å². The minimum absolute atomic E-state index is 0.158. The van der Waals surface area contributed by atoms with Crippen LogP contribution < -0.4 is 9.64 Å². The molecule has 1 aliphatic carbocycles. The Bertz CT molecular complexity index is 464. The number of hydrogen-bond acceptors (Lipinski definition) is 3. The fourth-order valence-electron chi connectivity index (χ4n) is 2.99. The largest absolute Gasteiger partial charge is 0.497 e. The molecule has 1 fully saturated rings. The van der Waals surface area contributed by atoms with Crippen molar-refractivity contribution >= 4 is 11.5 Å². The summed E-state index contributed by atoms with van der Waals surface area (Å²) in [6, 6.07) is 7.99. The zero-order chi connectivity index (χ0) is 14.8. The Balaban J connectivity index is 2.02. The van der Waals surface area contributed by atoms with E-state index in [-0.39, 0.29) is 5.92 Å². The van der Waals surface area contributed by atoms with Gasteiger partial charge in [-0.3, -0.25) is 4.79 Å². The number of nitrogens with zero attached hydrogens (tertiary/aromatic N) is 1. The Hall–Kier alpha value is -1.51. The molecule has 0 N–H and O–H groups in total. The second-order valence-electron chi connectivity index (χ2n) is 6.61. The molecule has 1 aliphatic rings. The van der Waals surface area contributed by atoms with Crippen molar-refractivity contribution in [1.82, 2.24) is 0 Å². The van der Waals surface area contributed by atoms with Crippen LogP contribution in [0.1, 0.15) is 33.1 Å². The Morgan fingerprint density at radius 2 is 1.95 bits per heavy atom. The van der Waals surface area contributed by atoms with E-state index in [2.05, 4.69) is 25.8 Å². The van der Waals surface area contributed by atoms with Gasteiger partial charge in [0, 0.05) is 31.6 Å². The highest BCUT2D eigenvalue weighted by molar-refractivity contribution is 5.82. The standard InChI is InChI=1S/C17H25NO2/c1-17(2)10-9-16(19)13(11-17)12-18(3)14-5-7-15(20-4)8-6-14/h5-8,13H,9-12H2,1-4H3. The van der Waals surface area contributed by atoms with E-state index in [1.165, 1.54) is 0 Å². The molecule has 2 rings (SSSR count). The van der Waals surface area contributed by atoms with Gasteiger partial charge in [-0.15, -0.1) is 0 Å². The number of methoxy groups -OCH3 is 1. The van der Waals surface area contributed by atoms with Crippen LogP contribution in [0.5, 0.6) is 5.75 Å². The lowest BCUT2D eigenvalue weighted by atomic mass is 9.71. The number of hydrogen-bond donors (Lipinski definition) is 0. The van der Waals surface area contributed by atoms with Gasteiger partial charge in [0.2, 0.25) is 0 Å². The molecule has 0 bridgehead atoms. The van der Waals surface area contributed by atoms with E-state index in [1.807, 2.05) is 24.3 Å². The van der Waals surface area contributed by atoms with Crippen molar-refractivity contribution in [3.05, 3.63) is 24.3 Å². The number of ketones is 1. The van der Waals surface area contributed by atoms with E-state index < -0.39 is 0 Å². The van der Waals surface area contributed by atoms with E-state index in [0.717, 1.165) is 37.2 Å². The lowest BCUT2D eigenvalue weighted by molar-refractivity contribution is -0.126. The van der Waals surface area contributed by atoms with Crippen molar-refractivity contribution < 1.29 is 9.53 Å². The molecule has 1 saturated carbocycles. The predicted octanol–water partition coefficient (Wildman–Crippen LogP) is 3.53. The van der Waals surface area contributed by atoms with Gasteiger partial charge < -0.3 is 9.64 Å². The van der Waals surface area contributed by atoms with Crippen molar-refractivity contribution in [2.75, 3.05) is 25.6 Å². The molecule has 3 heteroatoms. The van der Waals surface area contributed by atoms with Crippen molar-refractivity contribution in [3.8, 4) is 5.75 Å². The molecular weight excluding hydrogens is 250 g/mol. The topological polar surface area (TPSA) is 29.5 Å². The fraction of sp³-hybridized carbons (Fsp3) is 0.588. The molecule has 0 amide bonds. The predicted molar refractivity (Wildman–Crippen MR) is 82.4 cm³/mol. The van der Waals surface area contributed by atoms with Crippen molar-refractivity contribution in [2.45, 2.75) is 33.1 Å². The van der Waals surface area contributed by atoms with E-state index in [4.69, 9.17) is 4.74 Å². The fourth-order valence-corrected chi connectivity index (χ4v) is 2.99. The minimum atomic E-state index is 0.158. The maximum atomic E-state index is 12.1. The Morgan fingerprint density at radius 1 is 1.30 bits per heavy atom. The first-order chi connectivity index (χ1) is 9.41. The summed E-state index contributed by atoms with van der Waals surface area (Å²) in [5.41, 5.74) is 1.42. The molecule has 0 radical (unpaired) electrons.